The van der Waals surface area contributed by atoms with E-state index in [2.05, 4.69) is 24.1 Å². The smallest absolute Gasteiger partial charge is 0.255 e. The Bertz CT molecular complexity index is 649. The summed E-state index contributed by atoms with van der Waals surface area (Å²) in [4.78, 5) is 14.6. The molecule has 1 amide bonds. The Balaban J connectivity index is 2.15. The van der Waals surface area contributed by atoms with E-state index >= 15 is 0 Å². The number of amides is 1. The van der Waals surface area contributed by atoms with Gasteiger partial charge in [0, 0.05) is 35.1 Å². The van der Waals surface area contributed by atoms with Gasteiger partial charge in [-0.05, 0) is 62.7 Å². The van der Waals surface area contributed by atoms with Gasteiger partial charge in [-0.2, -0.15) is 0 Å². The van der Waals surface area contributed by atoms with E-state index in [0.29, 0.717) is 10.6 Å². The zero-order chi connectivity index (χ0) is 16.1. The number of rotatable bonds is 5. The standard InChI is InChI=1S/C18H21ClN2O/c1-4-21(5-2)15-11-9-14(10-12-15)18(22)20-17-8-6-7-16(19)13(17)3/h6-12H,4-5H2,1-3H3,(H,20,22). The third-order valence-electron chi connectivity index (χ3n) is 3.77. The van der Waals surface area contributed by atoms with Gasteiger partial charge in [0.15, 0.2) is 0 Å². The SMILES string of the molecule is CCN(CC)c1ccc(C(=O)Nc2cccc(Cl)c2C)cc1. The van der Waals surface area contributed by atoms with Crippen LogP contribution >= 0.6 is 11.6 Å². The molecule has 0 spiro atoms. The Morgan fingerprint density at radius 2 is 1.73 bits per heavy atom. The monoisotopic (exact) mass is 316 g/mol. The molecular weight excluding hydrogens is 296 g/mol. The van der Waals surface area contributed by atoms with Crippen LogP contribution in [0.1, 0.15) is 29.8 Å². The summed E-state index contributed by atoms with van der Waals surface area (Å²) in [5.74, 6) is -0.128. The lowest BCUT2D eigenvalue weighted by Gasteiger charge is -2.21. The number of nitrogens with one attached hydrogen (secondary N) is 1. The molecule has 0 aliphatic carbocycles. The fraction of sp³-hybridized carbons (Fsp3) is 0.278. The van der Waals surface area contributed by atoms with Crippen LogP contribution in [0.4, 0.5) is 11.4 Å². The molecule has 0 aliphatic rings. The van der Waals surface area contributed by atoms with Crippen LogP contribution in [0.5, 0.6) is 0 Å². The first-order valence-corrected chi connectivity index (χ1v) is 7.86. The van der Waals surface area contributed by atoms with Crippen LogP contribution in [0.3, 0.4) is 0 Å². The predicted molar refractivity (Wildman–Crippen MR) is 94.1 cm³/mol. The second-order valence-corrected chi connectivity index (χ2v) is 5.49. The third kappa shape index (κ3) is 3.60. The summed E-state index contributed by atoms with van der Waals surface area (Å²) in [5, 5.41) is 3.55. The van der Waals surface area contributed by atoms with Crippen molar-refractivity contribution < 1.29 is 4.79 Å². The van der Waals surface area contributed by atoms with Crippen LogP contribution in [0, 0.1) is 6.92 Å². The summed E-state index contributed by atoms with van der Waals surface area (Å²) in [6, 6.07) is 13.1. The highest BCUT2D eigenvalue weighted by Crippen LogP contribution is 2.23. The van der Waals surface area contributed by atoms with Crippen molar-refractivity contribution in [2.45, 2.75) is 20.8 Å². The maximum absolute atomic E-state index is 12.3. The molecule has 2 rings (SSSR count). The van der Waals surface area contributed by atoms with Crippen molar-refractivity contribution in [2.75, 3.05) is 23.3 Å². The van der Waals surface area contributed by atoms with Crippen LogP contribution in [0.25, 0.3) is 0 Å². The minimum atomic E-state index is -0.128. The topological polar surface area (TPSA) is 32.3 Å². The van der Waals surface area contributed by atoms with Gasteiger partial charge in [-0.25, -0.2) is 0 Å². The molecule has 2 aromatic rings. The summed E-state index contributed by atoms with van der Waals surface area (Å²) in [6.07, 6.45) is 0. The molecule has 0 aliphatic heterocycles. The van der Waals surface area contributed by atoms with E-state index in [-0.39, 0.29) is 5.91 Å². The Hall–Kier alpha value is -2.00. The number of hydrogen-bond acceptors (Lipinski definition) is 2. The van der Waals surface area contributed by atoms with E-state index in [1.807, 2.05) is 49.4 Å². The number of halogens is 1. The van der Waals surface area contributed by atoms with Crippen molar-refractivity contribution in [3.63, 3.8) is 0 Å². The van der Waals surface area contributed by atoms with Crippen molar-refractivity contribution in [1.29, 1.82) is 0 Å². The summed E-state index contributed by atoms with van der Waals surface area (Å²) >= 11 is 6.07. The first-order chi connectivity index (χ1) is 10.6. The molecule has 0 saturated heterocycles. The predicted octanol–water partition coefficient (Wildman–Crippen LogP) is 4.75. The third-order valence-corrected chi connectivity index (χ3v) is 4.18. The molecular formula is C18H21ClN2O. The molecule has 0 heterocycles. The van der Waals surface area contributed by atoms with E-state index in [1.165, 1.54) is 0 Å². The Labute approximate surface area is 136 Å². The summed E-state index contributed by atoms with van der Waals surface area (Å²) in [7, 11) is 0. The average molecular weight is 317 g/mol. The summed E-state index contributed by atoms with van der Waals surface area (Å²) < 4.78 is 0. The van der Waals surface area contributed by atoms with Crippen molar-refractivity contribution in [3.05, 3.63) is 58.6 Å². The van der Waals surface area contributed by atoms with Crippen LogP contribution in [-0.2, 0) is 0 Å². The van der Waals surface area contributed by atoms with Crippen molar-refractivity contribution in [1.82, 2.24) is 0 Å². The lowest BCUT2D eigenvalue weighted by atomic mass is 10.1. The van der Waals surface area contributed by atoms with E-state index in [9.17, 15) is 4.79 Å². The van der Waals surface area contributed by atoms with Gasteiger partial charge in [-0.1, -0.05) is 17.7 Å². The molecule has 0 radical (unpaired) electrons. The van der Waals surface area contributed by atoms with Crippen molar-refractivity contribution >= 4 is 28.9 Å². The number of hydrogen-bond donors (Lipinski definition) is 1. The Morgan fingerprint density at radius 3 is 2.32 bits per heavy atom. The molecule has 116 valence electrons. The Morgan fingerprint density at radius 1 is 1.09 bits per heavy atom. The highest BCUT2D eigenvalue weighted by Gasteiger charge is 2.10. The molecule has 4 heteroatoms. The van der Waals surface area contributed by atoms with Gasteiger partial charge in [0.1, 0.15) is 0 Å². The maximum Gasteiger partial charge on any atom is 0.255 e. The maximum atomic E-state index is 12.3. The van der Waals surface area contributed by atoms with Gasteiger partial charge in [-0.3, -0.25) is 4.79 Å². The van der Waals surface area contributed by atoms with Crippen molar-refractivity contribution in [2.24, 2.45) is 0 Å². The molecule has 0 aromatic heterocycles. The number of carbonyl (C=O) groups is 1. The molecule has 0 unspecified atom stereocenters. The fourth-order valence-corrected chi connectivity index (χ4v) is 2.52. The highest BCUT2D eigenvalue weighted by molar-refractivity contribution is 6.31. The molecule has 2 aromatic carbocycles. The van der Waals surface area contributed by atoms with Gasteiger partial charge in [0.05, 0.1) is 0 Å². The normalized spacial score (nSPS) is 10.4. The number of nitrogens with zero attached hydrogens (tertiary/aromatic N) is 1. The molecule has 3 nitrogen and oxygen atoms in total. The van der Waals surface area contributed by atoms with E-state index in [1.54, 1.807) is 0 Å². The number of benzene rings is 2. The fourth-order valence-electron chi connectivity index (χ4n) is 2.35. The molecule has 22 heavy (non-hydrogen) atoms. The van der Waals surface area contributed by atoms with Crippen LogP contribution < -0.4 is 10.2 Å². The highest BCUT2D eigenvalue weighted by atomic mass is 35.5. The van der Waals surface area contributed by atoms with Crippen molar-refractivity contribution in [3.8, 4) is 0 Å². The zero-order valence-corrected chi connectivity index (χ0v) is 13.9. The van der Waals surface area contributed by atoms with Gasteiger partial charge in [-0.15, -0.1) is 0 Å². The number of carbonyl (C=O) groups excluding carboxylic acids is 1. The summed E-state index contributed by atoms with van der Waals surface area (Å²) in [5.41, 5.74) is 3.37. The van der Waals surface area contributed by atoms with Crippen LogP contribution in [0.2, 0.25) is 5.02 Å². The van der Waals surface area contributed by atoms with Crippen LogP contribution in [0.15, 0.2) is 42.5 Å². The van der Waals surface area contributed by atoms with Crippen LogP contribution in [-0.4, -0.2) is 19.0 Å². The minimum Gasteiger partial charge on any atom is -0.372 e. The lowest BCUT2D eigenvalue weighted by Crippen LogP contribution is -2.21. The van der Waals surface area contributed by atoms with E-state index in [0.717, 1.165) is 30.0 Å². The molecule has 0 saturated carbocycles. The number of anilines is 2. The first kappa shape index (κ1) is 16.4. The lowest BCUT2D eigenvalue weighted by molar-refractivity contribution is 0.102. The van der Waals surface area contributed by atoms with Gasteiger partial charge < -0.3 is 10.2 Å². The van der Waals surface area contributed by atoms with E-state index in [4.69, 9.17) is 11.6 Å². The largest absolute Gasteiger partial charge is 0.372 e. The quantitative estimate of drug-likeness (QED) is 0.863. The first-order valence-electron chi connectivity index (χ1n) is 7.48. The summed E-state index contributed by atoms with van der Waals surface area (Å²) in [6.45, 7) is 8.02. The Kier molecular flexibility index (Phi) is 5.45. The molecule has 0 fully saturated rings. The second-order valence-electron chi connectivity index (χ2n) is 5.09. The van der Waals surface area contributed by atoms with Gasteiger partial charge in [0.2, 0.25) is 0 Å². The molecule has 0 atom stereocenters. The molecule has 1 N–H and O–H groups in total. The zero-order valence-electron chi connectivity index (χ0n) is 13.2. The molecule has 0 bridgehead atoms. The van der Waals surface area contributed by atoms with Gasteiger partial charge in [0.25, 0.3) is 5.91 Å². The minimum absolute atomic E-state index is 0.128. The second kappa shape index (κ2) is 7.32. The van der Waals surface area contributed by atoms with E-state index < -0.39 is 0 Å². The average Bonchev–Trinajstić information content (AvgIpc) is 2.53. The van der Waals surface area contributed by atoms with Gasteiger partial charge >= 0.3 is 0 Å².